The summed E-state index contributed by atoms with van der Waals surface area (Å²) in [4.78, 5) is 5.22. The molecule has 2 heterocycles. The van der Waals surface area contributed by atoms with Crippen LogP contribution in [0.4, 0.5) is 0 Å². The third-order valence-electron chi connectivity index (χ3n) is 3.39. The van der Waals surface area contributed by atoms with Crippen molar-refractivity contribution in [1.82, 2.24) is 4.98 Å². The molecule has 2 N–H and O–H groups in total. The number of hydrogen-bond acceptors (Lipinski definition) is 4. The van der Waals surface area contributed by atoms with Gasteiger partial charge in [-0.2, -0.15) is 0 Å². The molecule has 0 saturated carbocycles. The molecule has 0 aromatic carbocycles. The third-order valence-corrected chi connectivity index (χ3v) is 5.08. The van der Waals surface area contributed by atoms with Crippen LogP contribution in [0, 0.1) is 0 Å². The molecule has 2 aromatic heterocycles. The molecule has 2 aromatic rings. The van der Waals surface area contributed by atoms with Crippen molar-refractivity contribution in [3.8, 4) is 0 Å². The molecule has 0 radical (unpaired) electrons. The number of halogens is 1. The molecular formula is C16H21BrN2OS. The predicted octanol–water partition coefficient (Wildman–Crippen LogP) is 4.33. The van der Waals surface area contributed by atoms with E-state index in [1.165, 1.54) is 10.4 Å². The molecule has 0 saturated heterocycles. The topological polar surface area (TPSA) is 48.1 Å². The first kappa shape index (κ1) is 16.6. The van der Waals surface area contributed by atoms with E-state index in [2.05, 4.69) is 40.0 Å². The van der Waals surface area contributed by atoms with E-state index >= 15 is 0 Å². The zero-order valence-electron chi connectivity index (χ0n) is 12.2. The molecule has 114 valence electrons. The van der Waals surface area contributed by atoms with Crippen LogP contribution < -0.4 is 5.73 Å². The van der Waals surface area contributed by atoms with Crippen molar-refractivity contribution in [1.29, 1.82) is 0 Å². The fourth-order valence-electron chi connectivity index (χ4n) is 2.15. The molecule has 0 aliphatic rings. The monoisotopic (exact) mass is 368 g/mol. The standard InChI is InChI=1S/C16H21BrN2OS/c1-2-13(18)16(14-5-6-15(17)21-14)20-11-3-4-12-7-9-19-10-8-12/h5-10,13,16H,2-4,11,18H2,1H3. The van der Waals surface area contributed by atoms with Gasteiger partial charge in [-0.3, -0.25) is 4.98 Å². The second kappa shape index (κ2) is 8.63. The Hall–Kier alpha value is -0.750. The van der Waals surface area contributed by atoms with E-state index in [1.54, 1.807) is 11.3 Å². The number of ether oxygens (including phenoxy) is 1. The van der Waals surface area contributed by atoms with Crippen molar-refractivity contribution in [2.45, 2.75) is 38.3 Å². The highest BCUT2D eigenvalue weighted by atomic mass is 79.9. The lowest BCUT2D eigenvalue weighted by Crippen LogP contribution is -2.29. The third kappa shape index (κ3) is 5.18. The van der Waals surface area contributed by atoms with Crippen LogP contribution in [-0.4, -0.2) is 17.6 Å². The minimum atomic E-state index is -0.0104. The minimum Gasteiger partial charge on any atom is -0.371 e. The minimum absolute atomic E-state index is 0.0104. The average molecular weight is 369 g/mol. The van der Waals surface area contributed by atoms with Gasteiger partial charge in [0.25, 0.3) is 0 Å². The second-order valence-electron chi connectivity index (χ2n) is 4.96. The highest BCUT2D eigenvalue weighted by molar-refractivity contribution is 9.11. The lowest BCUT2D eigenvalue weighted by atomic mass is 10.1. The van der Waals surface area contributed by atoms with Crippen LogP contribution in [0.2, 0.25) is 0 Å². The molecule has 0 fully saturated rings. The Bertz CT molecular complexity index is 532. The molecule has 0 amide bonds. The molecule has 0 aliphatic heterocycles. The summed E-state index contributed by atoms with van der Waals surface area (Å²) in [5.74, 6) is 0. The maximum atomic E-state index is 6.21. The lowest BCUT2D eigenvalue weighted by molar-refractivity contribution is 0.0346. The normalized spacial score (nSPS) is 14.0. The van der Waals surface area contributed by atoms with Crippen LogP contribution in [0.25, 0.3) is 0 Å². The molecule has 0 aliphatic carbocycles. The summed E-state index contributed by atoms with van der Waals surface area (Å²) < 4.78 is 7.18. The van der Waals surface area contributed by atoms with E-state index in [4.69, 9.17) is 10.5 Å². The Kier molecular flexibility index (Phi) is 6.83. The molecule has 2 rings (SSSR count). The summed E-state index contributed by atoms with van der Waals surface area (Å²) in [6.07, 6.45) is 6.55. The average Bonchev–Trinajstić information content (AvgIpc) is 2.94. The number of pyridine rings is 1. The Morgan fingerprint density at radius 2 is 2.05 bits per heavy atom. The molecular weight excluding hydrogens is 348 g/mol. The fraction of sp³-hybridized carbons (Fsp3) is 0.438. The van der Waals surface area contributed by atoms with E-state index < -0.39 is 0 Å². The van der Waals surface area contributed by atoms with Crippen LogP contribution >= 0.6 is 27.3 Å². The van der Waals surface area contributed by atoms with Gasteiger partial charge in [0.05, 0.1) is 3.79 Å². The molecule has 5 heteroatoms. The van der Waals surface area contributed by atoms with Crippen molar-refractivity contribution in [3.05, 3.63) is 50.9 Å². The van der Waals surface area contributed by atoms with Crippen molar-refractivity contribution in [2.75, 3.05) is 6.61 Å². The Morgan fingerprint density at radius 1 is 1.29 bits per heavy atom. The molecule has 0 bridgehead atoms. The summed E-state index contributed by atoms with van der Waals surface area (Å²) in [6.45, 7) is 2.82. The summed E-state index contributed by atoms with van der Waals surface area (Å²) in [5, 5.41) is 0. The molecule has 2 unspecified atom stereocenters. The van der Waals surface area contributed by atoms with E-state index in [1.807, 2.05) is 24.5 Å². The van der Waals surface area contributed by atoms with E-state index in [0.717, 1.165) is 29.7 Å². The van der Waals surface area contributed by atoms with Crippen LogP contribution in [0.1, 0.15) is 36.3 Å². The number of rotatable bonds is 8. The van der Waals surface area contributed by atoms with Crippen molar-refractivity contribution in [3.63, 3.8) is 0 Å². The number of thiophene rings is 1. The van der Waals surface area contributed by atoms with Gasteiger partial charge in [-0.15, -0.1) is 11.3 Å². The SMILES string of the molecule is CCC(N)C(OCCCc1ccncc1)c1ccc(Br)s1. The Morgan fingerprint density at radius 3 is 2.67 bits per heavy atom. The zero-order valence-corrected chi connectivity index (χ0v) is 14.6. The van der Waals surface area contributed by atoms with Crippen LogP contribution in [0.15, 0.2) is 40.4 Å². The van der Waals surface area contributed by atoms with Gasteiger partial charge in [0.2, 0.25) is 0 Å². The largest absolute Gasteiger partial charge is 0.371 e. The predicted molar refractivity (Wildman–Crippen MR) is 91.5 cm³/mol. The summed E-state index contributed by atoms with van der Waals surface area (Å²) in [6, 6.07) is 8.28. The van der Waals surface area contributed by atoms with Gasteiger partial charge in [0, 0.05) is 29.9 Å². The first-order chi connectivity index (χ1) is 10.2. The van der Waals surface area contributed by atoms with Gasteiger partial charge in [-0.05, 0) is 65.0 Å². The smallest absolute Gasteiger partial charge is 0.107 e. The summed E-state index contributed by atoms with van der Waals surface area (Å²) in [7, 11) is 0. The van der Waals surface area contributed by atoms with Gasteiger partial charge in [-0.1, -0.05) is 6.92 Å². The maximum absolute atomic E-state index is 6.21. The van der Waals surface area contributed by atoms with Crippen molar-refractivity contribution < 1.29 is 4.74 Å². The van der Waals surface area contributed by atoms with E-state index in [9.17, 15) is 0 Å². The lowest BCUT2D eigenvalue weighted by Gasteiger charge is -2.22. The molecule has 2 atom stereocenters. The Labute approximate surface area is 138 Å². The zero-order chi connectivity index (χ0) is 15.1. The fourth-order valence-corrected chi connectivity index (χ4v) is 3.70. The highest BCUT2D eigenvalue weighted by Gasteiger charge is 2.20. The quantitative estimate of drug-likeness (QED) is 0.705. The molecule has 0 spiro atoms. The van der Waals surface area contributed by atoms with Crippen LogP contribution in [0.3, 0.4) is 0 Å². The number of nitrogens with zero attached hydrogens (tertiary/aromatic N) is 1. The van der Waals surface area contributed by atoms with Gasteiger partial charge in [0.1, 0.15) is 6.10 Å². The van der Waals surface area contributed by atoms with Gasteiger partial charge < -0.3 is 10.5 Å². The number of hydrogen-bond donors (Lipinski definition) is 1. The van der Waals surface area contributed by atoms with E-state index in [0.29, 0.717) is 0 Å². The molecule has 21 heavy (non-hydrogen) atoms. The molecule has 3 nitrogen and oxygen atoms in total. The number of aryl methyl sites for hydroxylation is 1. The first-order valence-corrected chi connectivity index (χ1v) is 8.83. The van der Waals surface area contributed by atoms with Gasteiger partial charge in [0.15, 0.2) is 0 Å². The number of aromatic nitrogens is 1. The summed E-state index contributed by atoms with van der Waals surface area (Å²) >= 11 is 5.20. The van der Waals surface area contributed by atoms with Crippen LogP contribution in [-0.2, 0) is 11.2 Å². The second-order valence-corrected chi connectivity index (χ2v) is 7.46. The highest BCUT2D eigenvalue weighted by Crippen LogP contribution is 2.31. The van der Waals surface area contributed by atoms with Crippen LogP contribution in [0.5, 0.6) is 0 Å². The van der Waals surface area contributed by atoms with Gasteiger partial charge in [-0.25, -0.2) is 0 Å². The Balaban J connectivity index is 1.85. The first-order valence-electron chi connectivity index (χ1n) is 7.22. The van der Waals surface area contributed by atoms with Crippen molar-refractivity contribution in [2.24, 2.45) is 5.73 Å². The van der Waals surface area contributed by atoms with Crippen molar-refractivity contribution >= 4 is 27.3 Å². The maximum Gasteiger partial charge on any atom is 0.107 e. The summed E-state index contributed by atoms with van der Waals surface area (Å²) in [5.41, 5.74) is 7.51. The van der Waals surface area contributed by atoms with E-state index in [-0.39, 0.29) is 12.1 Å². The van der Waals surface area contributed by atoms with Gasteiger partial charge >= 0.3 is 0 Å². The number of nitrogens with two attached hydrogens (primary N) is 1.